The first-order valence-electron chi connectivity index (χ1n) is 35.1. The summed E-state index contributed by atoms with van der Waals surface area (Å²) < 4.78 is 22.6. The van der Waals surface area contributed by atoms with E-state index in [0.29, 0.717) is 0 Å². The first kappa shape index (κ1) is 81.6. The molecule has 0 radical (unpaired) electrons. The molecule has 12 aromatic rings. The molecule has 0 aliphatic carbocycles. The Morgan fingerprint density at radius 2 is 0.773 bits per heavy atom. The summed E-state index contributed by atoms with van der Waals surface area (Å²) in [5.41, 5.74) is 24.5. The second-order valence-corrected chi connectivity index (χ2v) is 25.5. The van der Waals surface area contributed by atoms with Gasteiger partial charge in [0.1, 0.15) is 60.1 Å². The average molecular weight is 1480 g/mol. The number of rotatable bonds is 18. The summed E-state index contributed by atoms with van der Waals surface area (Å²) in [6.07, 6.45) is 27.3. The van der Waals surface area contributed by atoms with Crippen LogP contribution in [0.1, 0.15) is 11.1 Å². The van der Waals surface area contributed by atoms with Gasteiger partial charge in [-0.15, -0.1) is 0 Å². The zero-order valence-electron chi connectivity index (χ0n) is 65.5. The molecule has 0 bridgehead atoms. The highest BCUT2D eigenvalue weighted by atomic mass is 16.5. The monoisotopic (exact) mass is 1480 g/mol. The van der Waals surface area contributed by atoms with Gasteiger partial charge in [0.15, 0.2) is 24.8 Å². The number of guanidine groups is 1. The molecule has 13 rings (SSSR count). The van der Waals surface area contributed by atoms with Gasteiger partial charge in [-0.3, -0.25) is 10.0 Å². The van der Waals surface area contributed by atoms with Gasteiger partial charge in [-0.2, -0.15) is 19.7 Å². The Kier molecular flexibility index (Phi) is 30.9. The number of para-hydroxylation sites is 1. The number of aryl methyl sites for hydroxylation is 8. The average Bonchev–Trinajstić information content (AvgIpc) is 1.07. The smallest absolute Gasteiger partial charge is 0.497 e. The summed E-state index contributed by atoms with van der Waals surface area (Å²) in [5, 5.41) is 52.7. The van der Waals surface area contributed by atoms with Crippen LogP contribution in [0, 0.1) is 0 Å². The summed E-state index contributed by atoms with van der Waals surface area (Å²) in [6, 6.07) is 64.4. The third-order valence-corrected chi connectivity index (χ3v) is 16.5. The molecule has 0 spiro atoms. The number of hydrogen-bond donors (Lipinski definition) is 5. The normalized spacial score (nSPS) is 12.2. The number of quaternary nitrogens is 1. The molecule has 1 aliphatic heterocycles. The third-order valence-electron chi connectivity index (χ3n) is 16.5. The number of benzene rings is 7. The molecule has 5 aromatic heterocycles. The molecule has 7 N–H and O–H groups in total. The Balaban J connectivity index is 0.000000167. The van der Waals surface area contributed by atoms with E-state index >= 15 is 0 Å². The summed E-state index contributed by atoms with van der Waals surface area (Å²) in [7, 11) is 31.0. The number of aromatic nitrogens is 8. The fourth-order valence-corrected chi connectivity index (χ4v) is 9.85. The molecule has 28 nitrogen and oxygen atoms in total. The molecule has 0 saturated heterocycles. The van der Waals surface area contributed by atoms with E-state index < -0.39 is 0 Å². The van der Waals surface area contributed by atoms with Gasteiger partial charge < -0.3 is 31.7 Å². The number of imidazole rings is 3. The second-order valence-electron chi connectivity index (χ2n) is 25.5. The van der Waals surface area contributed by atoms with E-state index in [0.717, 1.165) is 114 Å². The van der Waals surface area contributed by atoms with Crippen molar-refractivity contribution in [2.24, 2.45) is 107 Å². The lowest BCUT2D eigenvalue weighted by molar-refractivity contribution is -0.735. The van der Waals surface area contributed by atoms with Gasteiger partial charge in [0, 0.05) is 120 Å². The van der Waals surface area contributed by atoms with E-state index in [1.807, 2.05) is 444 Å². The van der Waals surface area contributed by atoms with Gasteiger partial charge in [0.05, 0.1) is 124 Å². The first-order chi connectivity index (χ1) is 53.0. The maximum atomic E-state index is 5.68. The summed E-state index contributed by atoms with van der Waals surface area (Å²) in [5.74, 6) is 4.12. The zero-order chi connectivity index (χ0) is 78.9. The van der Waals surface area contributed by atoms with Crippen LogP contribution < -0.4 is 69.5 Å². The van der Waals surface area contributed by atoms with Gasteiger partial charge in [0.2, 0.25) is 0 Å². The van der Waals surface area contributed by atoms with Crippen molar-refractivity contribution in [3.63, 3.8) is 0 Å². The maximum Gasteiger partial charge on any atom is 0.524 e. The Morgan fingerprint density at radius 3 is 1.14 bits per heavy atom. The van der Waals surface area contributed by atoms with Crippen molar-refractivity contribution in [1.82, 2.24) is 13.7 Å². The minimum atomic E-state index is 0.731. The van der Waals surface area contributed by atoms with Crippen molar-refractivity contribution in [2.45, 2.75) is 0 Å². The number of nitrogens with zero attached hydrogens (tertiary/aromatic N) is 22. The fourth-order valence-electron chi connectivity index (χ4n) is 9.85. The van der Waals surface area contributed by atoms with Crippen molar-refractivity contribution < 1.29 is 37.0 Å². The van der Waals surface area contributed by atoms with Crippen LogP contribution >= 0.6 is 0 Å². The SMILES string of the molecule is CN(C)c1ccc(N=Nc2n(C)cc[n+]2C)cc1.CN(N=Cc1cc[n+](C)cc1)c1ccccc1.CNc1ccc(N=Nc2n(C)cc[n+]2C)cc1.COc1ccc(N(C)N=Cc2cc[n+](C)cc2)cc1.C[N+]1=C(N=Nc2ccc(N)cc2)[NH+](C)C=C1.Cn1cc[n+](C)c1N=Nc1ccc(Nc2ccc(N)cc2)cc1. The van der Waals surface area contributed by atoms with Crippen LogP contribution in [0.4, 0.5) is 86.1 Å². The number of pyridine rings is 2. The van der Waals surface area contributed by atoms with E-state index in [-0.39, 0.29) is 0 Å². The molecule has 1 aliphatic rings. The number of methoxy groups -OCH3 is 1. The van der Waals surface area contributed by atoms with Crippen LogP contribution in [-0.4, -0.2) is 93.1 Å². The van der Waals surface area contributed by atoms with Crippen molar-refractivity contribution in [1.29, 1.82) is 0 Å². The van der Waals surface area contributed by atoms with Crippen LogP contribution in [0.5, 0.6) is 5.75 Å². The molecule has 6 heterocycles. The Hall–Kier alpha value is -14.0. The number of anilines is 8. The molecule has 0 amide bonds. The molecule has 28 heteroatoms. The summed E-state index contributed by atoms with van der Waals surface area (Å²) in [6.45, 7) is 0. The van der Waals surface area contributed by atoms with E-state index in [9.17, 15) is 0 Å². The molecule has 0 saturated carbocycles. The Labute approximate surface area is 644 Å². The molecule has 1 atom stereocenters. The third kappa shape index (κ3) is 26.2. The number of hydrogen-bond acceptors (Lipinski definition) is 18. The lowest BCUT2D eigenvalue weighted by Gasteiger charge is -2.12. The highest BCUT2D eigenvalue weighted by Gasteiger charge is 2.26. The number of nitrogens with one attached hydrogen (secondary N) is 3. The minimum Gasteiger partial charge on any atom is -0.497 e. The fraction of sp³-hybridized carbons (Fsp3) is 0.195. The molecular weight excluding hydrogens is 1380 g/mol. The lowest BCUT2D eigenvalue weighted by Crippen LogP contribution is -3.06. The van der Waals surface area contributed by atoms with Gasteiger partial charge in [-0.05, 0) is 163 Å². The summed E-state index contributed by atoms with van der Waals surface area (Å²) >= 11 is 0. The second kappa shape index (κ2) is 41.6. The van der Waals surface area contributed by atoms with Crippen LogP contribution in [0.2, 0.25) is 0 Å². The predicted octanol–water partition coefficient (Wildman–Crippen LogP) is 12.6. The van der Waals surface area contributed by atoms with Crippen molar-refractivity contribution in [3.05, 3.63) is 286 Å². The lowest BCUT2D eigenvalue weighted by atomic mass is 10.2. The minimum absolute atomic E-state index is 0.731. The van der Waals surface area contributed by atoms with Gasteiger partial charge in [-0.25, -0.2) is 36.5 Å². The number of nitrogen functional groups attached to an aromatic ring is 2. The molecule has 1 unspecified atom stereocenters. The maximum absolute atomic E-state index is 5.68. The van der Waals surface area contributed by atoms with E-state index in [1.54, 1.807) is 7.11 Å². The van der Waals surface area contributed by atoms with Crippen LogP contribution in [-0.2, 0) is 56.4 Å². The number of hydrazone groups is 2. The number of nitrogens with two attached hydrogens (primary N) is 2. The van der Waals surface area contributed by atoms with E-state index in [4.69, 9.17) is 16.2 Å². The highest BCUT2D eigenvalue weighted by molar-refractivity contribution is 5.80. The highest BCUT2D eigenvalue weighted by Crippen LogP contribution is 2.25. The Bertz CT molecular complexity index is 4990. The van der Waals surface area contributed by atoms with Crippen molar-refractivity contribution >= 4 is 104 Å². The summed E-state index contributed by atoms with van der Waals surface area (Å²) in [4.78, 5) is 3.17. The molecular formula is C82H102N27O+7. The van der Waals surface area contributed by atoms with Gasteiger partial charge in [-0.1, -0.05) is 33.5 Å². The van der Waals surface area contributed by atoms with Crippen molar-refractivity contribution in [3.8, 4) is 5.75 Å². The molecule has 110 heavy (non-hydrogen) atoms. The van der Waals surface area contributed by atoms with Crippen molar-refractivity contribution in [2.75, 3.05) is 93.5 Å². The number of azo groups is 4. The van der Waals surface area contributed by atoms with Gasteiger partial charge >= 0.3 is 23.8 Å². The van der Waals surface area contributed by atoms with E-state index in [1.165, 1.54) is 0 Å². The van der Waals surface area contributed by atoms with Crippen LogP contribution in [0.25, 0.3) is 0 Å². The quantitative estimate of drug-likeness (QED) is 0.0181. The molecule has 7 aromatic carbocycles. The molecule has 0 fully saturated rings. The van der Waals surface area contributed by atoms with Gasteiger partial charge in [0.25, 0.3) is 0 Å². The zero-order valence-corrected chi connectivity index (χ0v) is 65.5. The topological polar surface area (TPSA) is 260 Å². The molecule has 564 valence electrons. The Morgan fingerprint density at radius 1 is 0.418 bits per heavy atom. The van der Waals surface area contributed by atoms with Crippen LogP contribution in [0.3, 0.4) is 0 Å². The standard InChI is InChI=1S/C17H18N6.C15H18N3O.C14H16N3.C13H18N5.C12H15N5.C11H13N5/c1-22-11-12-23(2)17(22)21-20-16-9-7-15(8-10-16)19-14-5-3-13(18)4-6-14;1-17-10-8-13(9-11-17)12-16-18(2)14-4-6-15(19-3)7-5-14;1-16-10-8-13(9-11-16)12-15-17(2)14-6-4-3-5-7-14;1-16(2)12-7-5-11(6-8-12)14-15-13-17(3)9-10-18(13)4;1-13-10-4-6-11(7-5-10)14-15-12-16(2)8-9-17(12)3;1-15-7-8-16(2)11(15)14-13-10-5-3-9(12)4-6-10/h3-12H,1-2H3,(H2,18,20);4-12H,1-3H3;3-12H,1-2H3;5-10H,1-4H3;4-9H,1-3H3;3-8,12H,1-2H3/q;3*+1;;/p+4. The number of ether oxygens (including phenoxy) is 1. The first-order valence-corrected chi connectivity index (χ1v) is 35.1. The largest absolute Gasteiger partial charge is 0.524 e. The van der Waals surface area contributed by atoms with Crippen LogP contribution in [0.15, 0.2) is 326 Å². The predicted molar refractivity (Wildman–Crippen MR) is 439 cm³/mol. The van der Waals surface area contributed by atoms with E-state index in [2.05, 4.69) is 66.7 Å².